The van der Waals surface area contributed by atoms with Crippen LogP contribution in [0.3, 0.4) is 0 Å². The third-order valence-electron chi connectivity index (χ3n) is 2.69. The minimum atomic E-state index is -0.363. The molecule has 0 saturated heterocycles. The van der Waals surface area contributed by atoms with Gasteiger partial charge in [0.2, 0.25) is 0 Å². The standard InChI is InChI=1S/C14H13FN2S/c1-10-8-18-9-13(10)7-17-6-12-2-11(5-16)3-14(15)4-12/h2-4,8-9,17H,6-7H2,1H3. The number of halogens is 1. The third-order valence-corrected chi connectivity index (χ3v) is 3.60. The Bertz CT molecular complexity index is 584. The van der Waals surface area contributed by atoms with Gasteiger partial charge in [0.05, 0.1) is 11.6 Å². The lowest BCUT2D eigenvalue weighted by molar-refractivity contribution is 0.619. The first-order chi connectivity index (χ1) is 8.69. The second kappa shape index (κ2) is 5.76. The lowest BCUT2D eigenvalue weighted by atomic mass is 10.1. The molecule has 2 rings (SSSR count). The average Bonchev–Trinajstić information content (AvgIpc) is 2.74. The number of thiophene rings is 1. The number of nitrogens with one attached hydrogen (secondary N) is 1. The Kier molecular flexibility index (Phi) is 4.08. The summed E-state index contributed by atoms with van der Waals surface area (Å²) < 4.78 is 13.2. The zero-order valence-electron chi connectivity index (χ0n) is 10.0. The number of hydrogen-bond donors (Lipinski definition) is 1. The van der Waals surface area contributed by atoms with Crippen molar-refractivity contribution < 1.29 is 4.39 Å². The van der Waals surface area contributed by atoms with Crippen LogP contribution in [0.4, 0.5) is 4.39 Å². The van der Waals surface area contributed by atoms with Gasteiger partial charge in [-0.3, -0.25) is 0 Å². The fourth-order valence-corrected chi connectivity index (χ4v) is 2.58. The molecule has 2 aromatic rings. The topological polar surface area (TPSA) is 35.8 Å². The molecule has 0 unspecified atom stereocenters. The SMILES string of the molecule is Cc1cscc1CNCc1cc(F)cc(C#N)c1. The molecule has 2 nitrogen and oxygen atoms in total. The molecule has 0 amide bonds. The highest BCUT2D eigenvalue weighted by Gasteiger charge is 2.02. The maximum atomic E-state index is 13.2. The van der Waals surface area contributed by atoms with E-state index in [1.807, 2.05) is 6.07 Å². The number of benzene rings is 1. The van der Waals surface area contributed by atoms with Crippen LogP contribution in [0.5, 0.6) is 0 Å². The largest absolute Gasteiger partial charge is 0.309 e. The molecule has 0 spiro atoms. The van der Waals surface area contributed by atoms with Crippen LogP contribution in [0.2, 0.25) is 0 Å². The first-order valence-corrected chi connectivity index (χ1v) is 6.55. The van der Waals surface area contributed by atoms with Crippen LogP contribution in [0.1, 0.15) is 22.3 Å². The lowest BCUT2D eigenvalue weighted by Gasteiger charge is -2.05. The van der Waals surface area contributed by atoms with E-state index in [1.165, 1.54) is 23.3 Å². The van der Waals surface area contributed by atoms with E-state index < -0.39 is 0 Å². The van der Waals surface area contributed by atoms with Gasteiger partial charge in [0.25, 0.3) is 0 Å². The van der Waals surface area contributed by atoms with Crippen molar-refractivity contribution in [2.24, 2.45) is 0 Å². The van der Waals surface area contributed by atoms with Crippen LogP contribution in [0.15, 0.2) is 29.0 Å². The number of nitriles is 1. The van der Waals surface area contributed by atoms with Crippen LogP contribution < -0.4 is 5.32 Å². The Hall–Kier alpha value is -1.70. The predicted octanol–water partition coefficient (Wildman–Crippen LogP) is 3.36. The van der Waals surface area contributed by atoms with Gasteiger partial charge in [-0.2, -0.15) is 16.6 Å². The van der Waals surface area contributed by atoms with Crippen molar-refractivity contribution in [1.82, 2.24) is 5.32 Å². The lowest BCUT2D eigenvalue weighted by Crippen LogP contribution is -2.13. The van der Waals surface area contributed by atoms with Crippen LogP contribution in [0, 0.1) is 24.1 Å². The Labute approximate surface area is 110 Å². The van der Waals surface area contributed by atoms with Gasteiger partial charge in [-0.25, -0.2) is 4.39 Å². The monoisotopic (exact) mass is 260 g/mol. The predicted molar refractivity (Wildman–Crippen MR) is 70.7 cm³/mol. The molecule has 0 aliphatic carbocycles. The molecule has 92 valence electrons. The maximum Gasteiger partial charge on any atom is 0.124 e. The second-order valence-corrected chi connectivity index (χ2v) is 4.89. The molecule has 1 heterocycles. The van der Waals surface area contributed by atoms with Crippen molar-refractivity contribution in [2.75, 3.05) is 0 Å². The maximum absolute atomic E-state index is 13.2. The summed E-state index contributed by atoms with van der Waals surface area (Å²) in [5.74, 6) is -0.363. The molecule has 0 atom stereocenters. The van der Waals surface area contributed by atoms with Crippen LogP contribution in [-0.2, 0) is 13.1 Å². The van der Waals surface area contributed by atoms with E-state index >= 15 is 0 Å². The summed E-state index contributed by atoms with van der Waals surface area (Å²) in [5.41, 5.74) is 3.68. The third kappa shape index (κ3) is 3.16. The molecule has 0 fully saturated rings. The zero-order valence-corrected chi connectivity index (χ0v) is 10.9. The Balaban J connectivity index is 1.97. The molecular formula is C14H13FN2S. The molecule has 1 aromatic carbocycles. The van der Waals surface area contributed by atoms with Gasteiger partial charge in [-0.05, 0) is 52.6 Å². The van der Waals surface area contributed by atoms with Gasteiger partial charge in [0.15, 0.2) is 0 Å². The van der Waals surface area contributed by atoms with Gasteiger partial charge in [-0.1, -0.05) is 0 Å². The Morgan fingerprint density at radius 2 is 2.11 bits per heavy atom. The summed E-state index contributed by atoms with van der Waals surface area (Å²) in [6.45, 7) is 3.39. The van der Waals surface area contributed by atoms with Crippen LogP contribution in [0.25, 0.3) is 0 Å². The molecule has 0 aliphatic rings. The van der Waals surface area contributed by atoms with Gasteiger partial charge < -0.3 is 5.32 Å². The summed E-state index contributed by atoms with van der Waals surface area (Å²) >= 11 is 1.68. The highest BCUT2D eigenvalue weighted by atomic mass is 32.1. The van der Waals surface area contributed by atoms with Crippen LogP contribution >= 0.6 is 11.3 Å². The Morgan fingerprint density at radius 1 is 1.28 bits per heavy atom. The van der Waals surface area contributed by atoms with Crippen molar-refractivity contribution in [3.8, 4) is 6.07 Å². The first-order valence-electron chi connectivity index (χ1n) is 5.61. The van der Waals surface area contributed by atoms with E-state index in [-0.39, 0.29) is 5.82 Å². The summed E-state index contributed by atoms with van der Waals surface area (Å²) in [4.78, 5) is 0. The highest BCUT2D eigenvalue weighted by Crippen LogP contribution is 2.14. The van der Waals surface area contributed by atoms with E-state index in [0.717, 1.165) is 12.1 Å². The summed E-state index contributed by atoms with van der Waals surface area (Å²) in [7, 11) is 0. The van der Waals surface area contributed by atoms with Gasteiger partial charge in [-0.15, -0.1) is 0 Å². The summed E-state index contributed by atoms with van der Waals surface area (Å²) in [6.07, 6.45) is 0. The van der Waals surface area contributed by atoms with Gasteiger partial charge in [0, 0.05) is 13.1 Å². The van der Waals surface area contributed by atoms with Gasteiger partial charge >= 0.3 is 0 Å². The number of nitrogens with zero attached hydrogens (tertiary/aromatic N) is 1. The van der Waals surface area contributed by atoms with Crippen molar-refractivity contribution in [1.29, 1.82) is 5.26 Å². The first kappa shape index (κ1) is 12.7. The van der Waals surface area contributed by atoms with E-state index in [4.69, 9.17) is 5.26 Å². The van der Waals surface area contributed by atoms with E-state index in [1.54, 1.807) is 17.4 Å². The zero-order chi connectivity index (χ0) is 13.0. The quantitative estimate of drug-likeness (QED) is 0.915. The molecule has 1 N–H and O–H groups in total. The molecule has 4 heteroatoms. The number of aryl methyl sites for hydroxylation is 1. The summed E-state index contributed by atoms with van der Waals surface area (Å²) in [5, 5.41) is 16.2. The van der Waals surface area contributed by atoms with E-state index in [0.29, 0.717) is 12.1 Å². The molecule has 0 bridgehead atoms. The molecular weight excluding hydrogens is 247 g/mol. The van der Waals surface area contributed by atoms with Crippen molar-refractivity contribution in [2.45, 2.75) is 20.0 Å². The van der Waals surface area contributed by atoms with E-state index in [9.17, 15) is 4.39 Å². The fourth-order valence-electron chi connectivity index (χ4n) is 1.73. The van der Waals surface area contributed by atoms with E-state index in [2.05, 4.69) is 23.0 Å². The van der Waals surface area contributed by atoms with Crippen LogP contribution in [-0.4, -0.2) is 0 Å². The average molecular weight is 260 g/mol. The Morgan fingerprint density at radius 3 is 2.78 bits per heavy atom. The van der Waals surface area contributed by atoms with Crippen molar-refractivity contribution in [3.05, 3.63) is 57.0 Å². The minimum absolute atomic E-state index is 0.360. The highest BCUT2D eigenvalue weighted by molar-refractivity contribution is 7.08. The normalized spacial score (nSPS) is 10.3. The van der Waals surface area contributed by atoms with Crippen molar-refractivity contribution in [3.63, 3.8) is 0 Å². The molecule has 0 radical (unpaired) electrons. The second-order valence-electron chi connectivity index (χ2n) is 4.14. The fraction of sp³-hybridized carbons (Fsp3) is 0.214. The smallest absolute Gasteiger partial charge is 0.124 e. The molecule has 1 aromatic heterocycles. The molecule has 18 heavy (non-hydrogen) atoms. The minimum Gasteiger partial charge on any atom is -0.309 e. The molecule has 0 aliphatic heterocycles. The van der Waals surface area contributed by atoms with Gasteiger partial charge in [0.1, 0.15) is 5.82 Å². The van der Waals surface area contributed by atoms with Crippen molar-refractivity contribution >= 4 is 11.3 Å². The summed E-state index contributed by atoms with van der Waals surface area (Å²) in [6, 6.07) is 6.36. The number of rotatable bonds is 4. The molecule has 0 saturated carbocycles. The number of hydrogen-bond acceptors (Lipinski definition) is 3.